The Morgan fingerprint density at radius 1 is 1.28 bits per heavy atom. The first-order chi connectivity index (χ1) is 8.61. The third kappa shape index (κ3) is 2.45. The average Bonchev–Trinajstić information content (AvgIpc) is 2.71. The molecule has 0 amide bonds. The molecular formula is C13H19N5. The van der Waals surface area contributed by atoms with Gasteiger partial charge in [-0.05, 0) is 23.6 Å². The van der Waals surface area contributed by atoms with Gasteiger partial charge in [0.1, 0.15) is 5.82 Å². The predicted molar refractivity (Wildman–Crippen MR) is 73.5 cm³/mol. The first-order valence-electron chi connectivity index (χ1n) is 6.03. The topological polar surface area (TPSA) is 68.8 Å². The molecule has 96 valence electrons. The van der Waals surface area contributed by atoms with Crippen LogP contribution in [0, 0.1) is 0 Å². The number of hydrogen-bond acceptors (Lipinski definition) is 4. The lowest BCUT2D eigenvalue weighted by atomic mass is 9.97. The standard InChI is InChI=1S/C13H19N5/c1-9(10-4-6-11(14)7-5-10)8-12-16-17-13(15-2)18(12)3/h4-7,9H,8,14H2,1-3H3,(H,15,17). The fourth-order valence-corrected chi connectivity index (χ4v) is 1.97. The molecule has 0 spiro atoms. The van der Waals surface area contributed by atoms with E-state index >= 15 is 0 Å². The predicted octanol–water partition coefficient (Wildman–Crippen LogP) is 1.79. The van der Waals surface area contributed by atoms with Gasteiger partial charge < -0.3 is 15.6 Å². The van der Waals surface area contributed by atoms with Gasteiger partial charge in [0, 0.05) is 26.2 Å². The van der Waals surface area contributed by atoms with Crippen LogP contribution < -0.4 is 11.1 Å². The second kappa shape index (κ2) is 5.08. The maximum absolute atomic E-state index is 5.69. The molecule has 18 heavy (non-hydrogen) atoms. The molecule has 0 aliphatic rings. The van der Waals surface area contributed by atoms with Gasteiger partial charge in [-0.2, -0.15) is 0 Å². The van der Waals surface area contributed by atoms with E-state index in [1.54, 1.807) is 0 Å². The van der Waals surface area contributed by atoms with Crippen LogP contribution >= 0.6 is 0 Å². The lowest BCUT2D eigenvalue weighted by Gasteiger charge is -2.11. The summed E-state index contributed by atoms with van der Waals surface area (Å²) in [6, 6.07) is 7.99. The smallest absolute Gasteiger partial charge is 0.224 e. The summed E-state index contributed by atoms with van der Waals surface area (Å²) in [5.41, 5.74) is 7.75. The number of nitrogens with two attached hydrogens (primary N) is 1. The van der Waals surface area contributed by atoms with E-state index in [9.17, 15) is 0 Å². The molecule has 2 rings (SSSR count). The molecule has 1 atom stereocenters. The van der Waals surface area contributed by atoms with Crippen molar-refractivity contribution in [1.29, 1.82) is 0 Å². The van der Waals surface area contributed by atoms with Gasteiger partial charge in [0.25, 0.3) is 0 Å². The maximum atomic E-state index is 5.69. The molecule has 3 N–H and O–H groups in total. The number of anilines is 2. The zero-order chi connectivity index (χ0) is 13.1. The van der Waals surface area contributed by atoms with Crippen LogP contribution in [-0.2, 0) is 13.5 Å². The van der Waals surface area contributed by atoms with Crippen molar-refractivity contribution in [2.75, 3.05) is 18.1 Å². The van der Waals surface area contributed by atoms with Crippen molar-refractivity contribution in [1.82, 2.24) is 14.8 Å². The molecule has 0 saturated carbocycles. The van der Waals surface area contributed by atoms with E-state index in [1.165, 1.54) is 5.56 Å². The van der Waals surface area contributed by atoms with Crippen molar-refractivity contribution in [3.63, 3.8) is 0 Å². The zero-order valence-corrected chi connectivity index (χ0v) is 11.0. The fourth-order valence-electron chi connectivity index (χ4n) is 1.97. The van der Waals surface area contributed by atoms with E-state index in [1.807, 2.05) is 30.8 Å². The van der Waals surface area contributed by atoms with E-state index in [0.717, 1.165) is 23.9 Å². The summed E-state index contributed by atoms with van der Waals surface area (Å²) >= 11 is 0. The number of hydrogen-bond donors (Lipinski definition) is 2. The second-order valence-electron chi connectivity index (χ2n) is 4.52. The zero-order valence-electron chi connectivity index (χ0n) is 11.0. The third-order valence-electron chi connectivity index (χ3n) is 3.18. The van der Waals surface area contributed by atoms with Crippen molar-refractivity contribution in [2.45, 2.75) is 19.3 Å². The summed E-state index contributed by atoms with van der Waals surface area (Å²) in [5, 5.41) is 11.3. The van der Waals surface area contributed by atoms with Crippen LogP contribution in [0.2, 0.25) is 0 Å². The minimum atomic E-state index is 0.387. The molecule has 1 aromatic carbocycles. The van der Waals surface area contributed by atoms with Gasteiger partial charge >= 0.3 is 0 Å². The van der Waals surface area contributed by atoms with E-state index in [2.05, 4.69) is 34.6 Å². The fraction of sp³-hybridized carbons (Fsp3) is 0.385. The Labute approximate surface area is 107 Å². The van der Waals surface area contributed by atoms with Gasteiger partial charge in [0.05, 0.1) is 0 Å². The molecule has 0 bridgehead atoms. The Balaban J connectivity index is 2.13. The Morgan fingerprint density at radius 2 is 1.94 bits per heavy atom. The van der Waals surface area contributed by atoms with Gasteiger partial charge in [0.2, 0.25) is 5.95 Å². The largest absolute Gasteiger partial charge is 0.399 e. The quantitative estimate of drug-likeness (QED) is 0.806. The molecule has 2 aromatic rings. The van der Waals surface area contributed by atoms with Crippen LogP contribution in [0.1, 0.15) is 24.2 Å². The van der Waals surface area contributed by atoms with E-state index in [0.29, 0.717) is 5.92 Å². The summed E-state index contributed by atoms with van der Waals surface area (Å²) in [4.78, 5) is 0. The molecule has 0 aliphatic carbocycles. The van der Waals surface area contributed by atoms with Crippen molar-refractivity contribution in [3.05, 3.63) is 35.7 Å². The highest BCUT2D eigenvalue weighted by molar-refractivity contribution is 5.40. The van der Waals surface area contributed by atoms with Gasteiger partial charge in [-0.25, -0.2) is 0 Å². The molecule has 0 fully saturated rings. The van der Waals surface area contributed by atoms with Crippen LogP contribution in [0.25, 0.3) is 0 Å². The number of rotatable bonds is 4. The number of nitrogens with one attached hydrogen (secondary N) is 1. The molecule has 1 aromatic heterocycles. The maximum Gasteiger partial charge on any atom is 0.224 e. The van der Waals surface area contributed by atoms with Crippen LogP contribution in [0.3, 0.4) is 0 Å². The summed E-state index contributed by atoms with van der Waals surface area (Å²) in [6.07, 6.45) is 0.856. The Bertz CT molecular complexity index is 515. The van der Waals surface area contributed by atoms with E-state index < -0.39 is 0 Å². The molecule has 1 unspecified atom stereocenters. The van der Waals surface area contributed by atoms with Gasteiger partial charge in [0.15, 0.2) is 0 Å². The van der Waals surface area contributed by atoms with Crippen LogP contribution in [0.4, 0.5) is 11.6 Å². The first kappa shape index (κ1) is 12.4. The summed E-state index contributed by atoms with van der Waals surface area (Å²) in [7, 11) is 3.81. The molecule has 0 aliphatic heterocycles. The molecular weight excluding hydrogens is 226 g/mol. The summed E-state index contributed by atoms with van der Waals surface area (Å²) in [5.74, 6) is 2.15. The normalized spacial score (nSPS) is 12.4. The Morgan fingerprint density at radius 3 is 2.50 bits per heavy atom. The van der Waals surface area contributed by atoms with Crippen LogP contribution in [0.15, 0.2) is 24.3 Å². The lowest BCUT2D eigenvalue weighted by Crippen LogP contribution is -2.06. The van der Waals surface area contributed by atoms with Crippen LogP contribution in [0.5, 0.6) is 0 Å². The summed E-state index contributed by atoms with van der Waals surface area (Å²) in [6.45, 7) is 2.18. The van der Waals surface area contributed by atoms with Gasteiger partial charge in [-0.3, -0.25) is 0 Å². The third-order valence-corrected chi connectivity index (χ3v) is 3.18. The highest BCUT2D eigenvalue weighted by Gasteiger charge is 2.12. The van der Waals surface area contributed by atoms with Gasteiger partial charge in [-0.15, -0.1) is 10.2 Å². The lowest BCUT2D eigenvalue weighted by molar-refractivity contribution is 0.682. The van der Waals surface area contributed by atoms with E-state index in [-0.39, 0.29) is 0 Å². The van der Waals surface area contributed by atoms with Crippen molar-refractivity contribution < 1.29 is 0 Å². The molecule has 5 nitrogen and oxygen atoms in total. The summed E-state index contributed by atoms with van der Waals surface area (Å²) < 4.78 is 1.98. The van der Waals surface area contributed by atoms with E-state index in [4.69, 9.17) is 5.73 Å². The van der Waals surface area contributed by atoms with Crippen LogP contribution in [-0.4, -0.2) is 21.8 Å². The number of benzene rings is 1. The van der Waals surface area contributed by atoms with Crippen molar-refractivity contribution >= 4 is 11.6 Å². The van der Waals surface area contributed by atoms with Gasteiger partial charge in [-0.1, -0.05) is 19.1 Å². The molecule has 0 saturated heterocycles. The molecule has 1 heterocycles. The minimum Gasteiger partial charge on any atom is -0.399 e. The van der Waals surface area contributed by atoms with Crippen molar-refractivity contribution in [3.8, 4) is 0 Å². The Hall–Kier alpha value is -2.04. The minimum absolute atomic E-state index is 0.387. The number of nitrogens with zero attached hydrogens (tertiary/aromatic N) is 3. The Kier molecular flexibility index (Phi) is 3.50. The molecule has 5 heteroatoms. The molecule has 0 radical (unpaired) electrons. The number of nitrogen functional groups attached to an aromatic ring is 1. The average molecular weight is 245 g/mol. The van der Waals surface area contributed by atoms with Crippen molar-refractivity contribution in [2.24, 2.45) is 7.05 Å². The SMILES string of the molecule is CNc1nnc(CC(C)c2ccc(N)cc2)n1C. The second-order valence-corrected chi connectivity index (χ2v) is 4.52. The highest BCUT2D eigenvalue weighted by Crippen LogP contribution is 2.21. The monoisotopic (exact) mass is 245 g/mol. The first-order valence-corrected chi connectivity index (χ1v) is 6.03. The number of aromatic nitrogens is 3. The highest BCUT2D eigenvalue weighted by atomic mass is 15.3.